The maximum Gasteiger partial charge on any atom is 3.00 e. The third kappa shape index (κ3) is 202. The zero-order valence-electron chi connectivity index (χ0n) is 6.50. The SMILES string of the molecule is [Al+3].[Al+3].[Lu+3].[Lu+3].[O-2].[O-2].[O-2].[O-2].[O-2].[O-2].[O-2].[O-2].[O-2].[Y+3].[Y+3]. The van der Waals surface area contributed by atoms with Crippen molar-refractivity contribution in [1.29, 1.82) is 0 Å². The Bertz CT molecular complexity index is 24.1. The van der Waals surface area contributed by atoms with Crippen molar-refractivity contribution in [1.82, 2.24) is 0 Å². The molecular weight excluding hydrogens is 726 g/mol. The predicted octanol–water partition coefficient (Wildman–Crippen LogP) is -1.84. The smallest absolute Gasteiger partial charge is 2.00 e. The van der Waals surface area contributed by atoms with Gasteiger partial charge in [0.2, 0.25) is 0 Å². The maximum absolute atomic E-state index is 0. The molecule has 0 saturated carbocycles. The molecule has 0 bridgehead atoms. The molecule has 96 valence electrons. The topological polar surface area (TPSA) is 256 Å². The van der Waals surface area contributed by atoms with Gasteiger partial charge in [-0.05, 0) is 0 Å². The molecular formula is Al2Lu2O9Y2. The molecule has 0 atom stereocenters. The molecule has 0 aromatic heterocycles. The van der Waals surface area contributed by atoms with Crippen molar-refractivity contribution in [2.45, 2.75) is 0 Å². The fourth-order valence-corrected chi connectivity index (χ4v) is 0. The van der Waals surface area contributed by atoms with Crippen LogP contribution in [0.15, 0.2) is 0 Å². The Kier molecular flexibility index (Phi) is 3990. The van der Waals surface area contributed by atoms with Crippen LogP contribution < -0.4 is 0 Å². The largest absolute Gasteiger partial charge is 3.00 e. The van der Waals surface area contributed by atoms with Crippen molar-refractivity contribution < 1.29 is 188 Å². The Balaban J connectivity index is 0. The summed E-state index contributed by atoms with van der Waals surface area (Å²) >= 11 is 0. The molecule has 15 heavy (non-hydrogen) atoms. The first-order valence-corrected chi connectivity index (χ1v) is 0. The standard InChI is InChI=1S/2Al.2Lu.9O.2Y/q4*+3;9*-2;2*+3. The van der Waals surface area contributed by atoms with Crippen LogP contribution in [-0.4, -0.2) is 34.7 Å². The minimum absolute atomic E-state index is 0. The first-order valence-electron chi connectivity index (χ1n) is 0. The molecule has 0 radical (unpaired) electrons. The van der Waals surface area contributed by atoms with Crippen molar-refractivity contribution in [3.63, 3.8) is 0 Å². The van der Waals surface area contributed by atoms with E-state index in [2.05, 4.69) is 0 Å². The van der Waals surface area contributed by atoms with Gasteiger partial charge in [-0.1, -0.05) is 0 Å². The van der Waals surface area contributed by atoms with E-state index >= 15 is 0 Å². The first kappa shape index (κ1) is 264. The van der Waals surface area contributed by atoms with Crippen LogP contribution in [0.25, 0.3) is 0 Å². The molecule has 0 aliphatic heterocycles. The fourth-order valence-electron chi connectivity index (χ4n) is 0. The zero-order chi connectivity index (χ0) is 0. The molecule has 0 fully saturated rings. The van der Waals surface area contributed by atoms with Gasteiger partial charge in [0.15, 0.2) is 0 Å². The summed E-state index contributed by atoms with van der Waals surface area (Å²) in [6.07, 6.45) is 0. The van der Waals surface area contributed by atoms with Crippen molar-refractivity contribution in [3.8, 4) is 0 Å². The van der Waals surface area contributed by atoms with E-state index in [0.717, 1.165) is 0 Å². The second-order valence-electron chi connectivity index (χ2n) is 0. The molecule has 0 aliphatic rings. The van der Waals surface area contributed by atoms with E-state index in [-0.39, 0.29) is 223 Å². The summed E-state index contributed by atoms with van der Waals surface area (Å²) in [6.45, 7) is 0. The van der Waals surface area contributed by atoms with E-state index < -0.39 is 0 Å². The third-order valence-corrected chi connectivity index (χ3v) is 0. The van der Waals surface area contributed by atoms with E-state index in [0.29, 0.717) is 0 Å². The van der Waals surface area contributed by atoms with E-state index in [1.807, 2.05) is 0 Å². The van der Waals surface area contributed by atoms with E-state index in [1.54, 1.807) is 0 Å². The summed E-state index contributed by atoms with van der Waals surface area (Å²) < 4.78 is 0. The molecule has 0 rings (SSSR count). The summed E-state index contributed by atoms with van der Waals surface area (Å²) in [4.78, 5) is 0. The van der Waals surface area contributed by atoms with Crippen LogP contribution >= 0.6 is 0 Å². The molecule has 0 amide bonds. The van der Waals surface area contributed by atoms with Crippen LogP contribution in [0.4, 0.5) is 0 Å². The van der Waals surface area contributed by atoms with Crippen LogP contribution in [0.1, 0.15) is 0 Å². The molecule has 0 spiro atoms. The van der Waals surface area contributed by atoms with Crippen LogP contribution in [0.2, 0.25) is 0 Å². The maximum atomic E-state index is 0. The summed E-state index contributed by atoms with van der Waals surface area (Å²) in [5, 5.41) is 0. The van der Waals surface area contributed by atoms with E-state index in [9.17, 15) is 0 Å². The van der Waals surface area contributed by atoms with Crippen molar-refractivity contribution >= 4 is 34.7 Å². The summed E-state index contributed by atoms with van der Waals surface area (Å²) in [7, 11) is 0. The van der Waals surface area contributed by atoms with Gasteiger partial charge in [0.25, 0.3) is 0 Å². The second-order valence-corrected chi connectivity index (χ2v) is 0. The minimum Gasteiger partial charge on any atom is -2.00 e. The van der Waals surface area contributed by atoms with Crippen LogP contribution in [0.3, 0.4) is 0 Å². The number of hydrogen-bond acceptors (Lipinski definition) is 0. The number of rotatable bonds is 0. The van der Waals surface area contributed by atoms with Crippen LogP contribution in [-0.2, 0) is 115 Å². The average molecular weight is 726 g/mol. The molecule has 0 unspecified atom stereocenters. The van der Waals surface area contributed by atoms with Crippen molar-refractivity contribution in [3.05, 3.63) is 0 Å². The number of hydrogen-bond donors (Lipinski definition) is 0. The minimum atomic E-state index is 0. The molecule has 0 heterocycles. The van der Waals surface area contributed by atoms with Crippen molar-refractivity contribution in [2.75, 3.05) is 0 Å². The van der Waals surface area contributed by atoms with Gasteiger partial charge in [0.1, 0.15) is 0 Å². The van der Waals surface area contributed by atoms with Gasteiger partial charge < -0.3 is 49.3 Å². The zero-order valence-corrected chi connectivity index (χ0v) is 17.8. The Hall–Kier alpha value is 5.38. The predicted molar refractivity (Wildman–Crippen MR) is 17.7 cm³/mol. The first-order chi connectivity index (χ1) is 0. The molecule has 0 saturated heterocycles. The monoisotopic (exact) mass is 726 g/mol. The van der Waals surface area contributed by atoms with Crippen molar-refractivity contribution in [2.24, 2.45) is 0 Å². The van der Waals surface area contributed by atoms with Crippen LogP contribution in [0, 0.1) is 73.7 Å². The molecule has 0 aliphatic carbocycles. The summed E-state index contributed by atoms with van der Waals surface area (Å²) in [6, 6.07) is 0. The van der Waals surface area contributed by atoms with Gasteiger partial charge in [0.05, 0.1) is 0 Å². The van der Waals surface area contributed by atoms with E-state index in [1.165, 1.54) is 0 Å². The summed E-state index contributed by atoms with van der Waals surface area (Å²) in [5.41, 5.74) is 0. The molecule has 0 aromatic rings. The fraction of sp³-hybridized carbons (Fsp3) is 0. The van der Waals surface area contributed by atoms with Gasteiger partial charge in [-0.2, -0.15) is 0 Å². The second kappa shape index (κ2) is 226. The normalized spacial score (nSPS) is 0. The van der Waals surface area contributed by atoms with Gasteiger partial charge in [-0.25, -0.2) is 0 Å². The van der Waals surface area contributed by atoms with Gasteiger partial charge in [-0.15, -0.1) is 0 Å². The van der Waals surface area contributed by atoms with Gasteiger partial charge in [-0.3, -0.25) is 0 Å². The molecule has 15 heteroatoms. The average Bonchev–Trinajstić information content (AvgIpc) is 0. The van der Waals surface area contributed by atoms with Gasteiger partial charge in [0, 0.05) is 0 Å². The Morgan fingerprint density at radius 3 is 0.267 bits per heavy atom. The Labute approximate surface area is 218 Å². The quantitative estimate of drug-likeness (QED) is 0.250. The van der Waals surface area contributed by atoms with Gasteiger partial charge >= 0.3 is 174 Å². The third-order valence-electron chi connectivity index (χ3n) is 0. The van der Waals surface area contributed by atoms with Crippen LogP contribution in [0.5, 0.6) is 0 Å². The molecule has 0 N–H and O–H groups in total. The molecule has 9 nitrogen and oxygen atoms in total. The molecule has 0 aromatic carbocycles. The van der Waals surface area contributed by atoms with E-state index in [4.69, 9.17) is 0 Å². The Morgan fingerprint density at radius 2 is 0.267 bits per heavy atom. The summed E-state index contributed by atoms with van der Waals surface area (Å²) in [5.74, 6) is 0. The Morgan fingerprint density at radius 1 is 0.267 bits per heavy atom.